The molecule has 122 valence electrons. The van der Waals surface area contributed by atoms with Gasteiger partial charge in [0, 0.05) is 6.42 Å². The van der Waals surface area contributed by atoms with Crippen LogP contribution in [0.15, 0.2) is 48.5 Å². The highest BCUT2D eigenvalue weighted by Crippen LogP contribution is 2.25. The Morgan fingerprint density at radius 2 is 1.92 bits per heavy atom. The summed E-state index contributed by atoms with van der Waals surface area (Å²) in [7, 11) is 0. The molecule has 0 bridgehead atoms. The Kier molecular flexibility index (Phi) is 4.57. The van der Waals surface area contributed by atoms with Crippen LogP contribution in [0.25, 0.3) is 0 Å². The highest BCUT2D eigenvalue weighted by Gasteiger charge is 2.16. The summed E-state index contributed by atoms with van der Waals surface area (Å²) in [5.74, 6) is -0.576. The highest BCUT2D eigenvalue weighted by molar-refractivity contribution is 7.14. The number of halogens is 1. The Hall–Kier alpha value is -2.73. The Morgan fingerprint density at radius 1 is 1.21 bits per heavy atom. The van der Waals surface area contributed by atoms with E-state index >= 15 is 0 Å². The molecule has 3 aromatic rings. The van der Waals surface area contributed by atoms with Crippen molar-refractivity contribution in [1.82, 2.24) is 4.98 Å². The predicted octanol–water partition coefficient (Wildman–Crippen LogP) is 4.14. The molecular weight excluding hydrogens is 327 g/mol. The molecular formula is C18H15FN2O2S. The van der Waals surface area contributed by atoms with Crippen LogP contribution in [0.5, 0.6) is 5.75 Å². The second-order valence-electron chi connectivity index (χ2n) is 5.30. The predicted molar refractivity (Wildman–Crippen MR) is 92.1 cm³/mol. The van der Waals surface area contributed by atoms with Gasteiger partial charge in [-0.2, -0.15) is 0 Å². The Balaban J connectivity index is 1.77. The minimum atomic E-state index is -0.308. The molecule has 24 heavy (non-hydrogen) atoms. The SMILES string of the molecule is Cc1nc(Cc2ccc(F)cc2)sc1C(=O)Nc1ccccc1O. The van der Waals surface area contributed by atoms with Gasteiger partial charge >= 0.3 is 0 Å². The highest BCUT2D eigenvalue weighted by atomic mass is 32.1. The summed E-state index contributed by atoms with van der Waals surface area (Å²) in [6.45, 7) is 1.77. The average Bonchev–Trinajstić information content (AvgIpc) is 2.92. The monoisotopic (exact) mass is 342 g/mol. The first-order valence-electron chi connectivity index (χ1n) is 7.33. The summed E-state index contributed by atoms with van der Waals surface area (Å²) >= 11 is 1.29. The molecule has 0 spiro atoms. The molecule has 1 amide bonds. The fraction of sp³-hybridized carbons (Fsp3) is 0.111. The lowest BCUT2D eigenvalue weighted by atomic mass is 10.1. The zero-order valence-electron chi connectivity index (χ0n) is 12.9. The molecule has 0 unspecified atom stereocenters. The first-order chi connectivity index (χ1) is 11.5. The van der Waals surface area contributed by atoms with E-state index in [1.807, 2.05) is 0 Å². The van der Waals surface area contributed by atoms with E-state index in [0.29, 0.717) is 22.7 Å². The summed E-state index contributed by atoms with van der Waals surface area (Å²) in [6, 6.07) is 12.8. The largest absolute Gasteiger partial charge is 0.506 e. The zero-order chi connectivity index (χ0) is 17.1. The van der Waals surface area contributed by atoms with Gasteiger partial charge < -0.3 is 10.4 Å². The number of aromatic hydroxyl groups is 1. The van der Waals surface area contributed by atoms with E-state index in [0.717, 1.165) is 10.6 Å². The second-order valence-corrected chi connectivity index (χ2v) is 6.38. The second kappa shape index (κ2) is 6.80. The summed E-state index contributed by atoms with van der Waals surface area (Å²) in [5.41, 5.74) is 1.92. The minimum Gasteiger partial charge on any atom is -0.506 e. The number of benzene rings is 2. The number of aryl methyl sites for hydroxylation is 1. The van der Waals surface area contributed by atoms with Crippen molar-refractivity contribution in [2.75, 3.05) is 5.32 Å². The van der Waals surface area contributed by atoms with Crippen LogP contribution in [0, 0.1) is 12.7 Å². The molecule has 0 atom stereocenters. The lowest BCUT2D eigenvalue weighted by Crippen LogP contribution is -2.11. The summed E-state index contributed by atoms with van der Waals surface area (Å²) < 4.78 is 13.0. The van der Waals surface area contributed by atoms with Crippen LogP contribution in [0.2, 0.25) is 0 Å². The zero-order valence-corrected chi connectivity index (χ0v) is 13.7. The van der Waals surface area contributed by atoms with Crippen LogP contribution in [0.4, 0.5) is 10.1 Å². The third-order valence-electron chi connectivity index (χ3n) is 3.47. The van der Waals surface area contributed by atoms with Gasteiger partial charge in [-0.05, 0) is 36.8 Å². The van der Waals surface area contributed by atoms with E-state index in [4.69, 9.17) is 0 Å². The number of para-hydroxylation sites is 2. The van der Waals surface area contributed by atoms with E-state index in [2.05, 4.69) is 10.3 Å². The molecule has 0 saturated heterocycles. The molecule has 0 aliphatic carbocycles. The molecule has 0 aliphatic heterocycles. The van der Waals surface area contributed by atoms with E-state index in [1.165, 1.54) is 29.5 Å². The van der Waals surface area contributed by atoms with Crippen LogP contribution in [0.3, 0.4) is 0 Å². The van der Waals surface area contributed by atoms with Crippen molar-refractivity contribution in [3.63, 3.8) is 0 Å². The van der Waals surface area contributed by atoms with Gasteiger partial charge in [-0.1, -0.05) is 24.3 Å². The maximum absolute atomic E-state index is 13.0. The molecule has 6 heteroatoms. The number of nitrogens with zero attached hydrogens (tertiary/aromatic N) is 1. The number of carbonyl (C=O) groups is 1. The summed E-state index contributed by atoms with van der Waals surface area (Å²) in [6.07, 6.45) is 0.537. The Bertz CT molecular complexity index is 875. The first-order valence-corrected chi connectivity index (χ1v) is 8.14. The van der Waals surface area contributed by atoms with Crippen molar-refractivity contribution in [3.05, 3.63) is 75.5 Å². The molecule has 1 aromatic heterocycles. The smallest absolute Gasteiger partial charge is 0.267 e. The van der Waals surface area contributed by atoms with Crippen molar-refractivity contribution in [1.29, 1.82) is 0 Å². The molecule has 4 nitrogen and oxygen atoms in total. The molecule has 0 radical (unpaired) electrons. The van der Waals surface area contributed by atoms with Crippen molar-refractivity contribution in [2.24, 2.45) is 0 Å². The fourth-order valence-corrected chi connectivity index (χ4v) is 3.27. The quantitative estimate of drug-likeness (QED) is 0.701. The number of hydrogen-bond acceptors (Lipinski definition) is 4. The van der Waals surface area contributed by atoms with Crippen molar-refractivity contribution >= 4 is 22.9 Å². The molecule has 1 heterocycles. The number of hydrogen-bond donors (Lipinski definition) is 2. The van der Waals surface area contributed by atoms with Crippen LogP contribution in [-0.2, 0) is 6.42 Å². The van der Waals surface area contributed by atoms with E-state index in [1.54, 1.807) is 37.3 Å². The van der Waals surface area contributed by atoms with Gasteiger partial charge in [0.05, 0.1) is 16.4 Å². The van der Waals surface area contributed by atoms with Gasteiger partial charge in [-0.3, -0.25) is 4.79 Å². The maximum Gasteiger partial charge on any atom is 0.267 e. The van der Waals surface area contributed by atoms with Gasteiger partial charge in [-0.25, -0.2) is 9.37 Å². The first kappa shape index (κ1) is 16.1. The third kappa shape index (κ3) is 3.60. The van der Waals surface area contributed by atoms with Crippen molar-refractivity contribution < 1.29 is 14.3 Å². The number of thiazole rings is 1. The molecule has 0 aliphatic rings. The lowest BCUT2D eigenvalue weighted by molar-refractivity contribution is 0.102. The Morgan fingerprint density at radius 3 is 2.62 bits per heavy atom. The summed E-state index contributed by atoms with van der Waals surface area (Å²) in [4.78, 5) is 17.3. The lowest BCUT2D eigenvalue weighted by Gasteiger charge is -2.05. The van der Waals surface area contributed by atoms with Crippen LogP contribution in [-0.4, -0.2) is 16.0 Å². The number of nitrogens with one attached hydrogen (secondary N) is 1. The summed E-state index contributed by atoms with van der Waals surface area (Å²) in [5, 5.41) is 13.2. The number of phenols is 1. The fourth-order valence-electron chi connectivity index (χ4n) is 2.27. The molecule has 2 N–H and O–H groups in total. The van der Waals surface area contributed by atoms with Gasteiger partial charge in [0.15, 0.2) is 0 Å². The maximum atomic E-state index is 13.0. The number of rotatable bonds is 4. The van der Waals surface area contributed by atoms with Gasteiger partial charge in [0.25, 0.3) is 5.91 Å². The van der Waals surface area contributed by atoms with Crippen LogP contribution in [0.1, 0.15) is 25.9 Å². The van der Waals surface area contributed by atoms with Crippen LogP contribution >= 0.6 is 11.3 Å². The number of carbonyl (C=O) groups excluding carboxylic acids is 1. The van der Waals surface area contributed by atoms with Crippen molar-refractivity contribution in [3.8, 4) is 5.75 Å². The third-order valence-corrected chi connectivity index (χ3v) is 4.62. The van der Waals surface area contributed by atoms with E-state index in [-0.39, 0.29) is 17.5 Å². The van der Waals surface area contributed by atoms with Gasteiger partial charge in [0.2, 0.25) is 0 Å². The normalized spacial score (nSPS) is 10.6. The minimum absolute atomic E-state index is 0.0135. The standard InChI is InChI=1S/C18H15FN2O2S/c1-11-17(18(23)21-14-4-2-3-5-15(14)22)24-16(20-11)10-12-6-8-13(19)9-7-12/h2-9,22H,10H2,1H3,(H,21,23). The topological polar surface area (TPSA) is 62.2 Å². The molecule has 2 aromatic carbocycles. The molecule has 3 rings (SSSR count). The average molecular weight is 342 g/mol. The van der Waals surface area contributed by atoms with E-state index < -0.39 is 0 Å². The number of amides is 1. The van der Waals surface area contributed by atoms with Gasteiger partial charge in [-0.15, -0.1) is 11.3 Å². The Labute approximate surface area is 142 Å². The number of anilines is 1. The number of aromatic nitrogens is 1. The number of phenolic OH excluding ortho intramolecular Hbond substituents is 1. The van der Waals surface area contributed by atoms with Crippen molar-refractivity contribution in [2.45, 2.75) is 13.3 Å². The molecule has 0 fully saturated rings. The van der Waals surface area contributed by atoms with Crippen LogP contribution < -0.4 is 5.32 Å². The van der Waals surface area contributed by atoms with E-state index in [9.17, 15) is 14.3 Å². The molecule has 0 saturated carbocycles. The van der Waals surface area contributed by atoms with Gasteiger partial charge in [0.1, 0.15) is 16.4 Å².